The first-order valence-electron chi connectivity index (χ1n) is 6.57. The Kier molecular flexibility index (Phi) is 3.86. The zero-order valence-electron chi connectivity index (χ0n) is 12.5. The highest BCUT2D eigenvalue weighted by Crippen LogP contribution is 2.33. The highest BCUT2D eigenvalue weighted by Gasteiger charge is 2.23. The summed E-state index contributed by atoms with van der Waals surface area (Å²) in [6, 6.07) is 0.291. The van der Waals surface area contributed by atoms with Crippen molar-refractivity contribution in [2.24, 2.45) is 0 Å². The summed E-state index contributed by atoms with van der Waals surface area (Å²) in [6.45, 7) is 10.5. The monoisotopic (exact) mass is 337 g/mol. The second kappa shape index (κ2) is 5.16. The van der Waals surface area contributed by atoms with E-state index in [1.54, 1.807) is 12.5 Å². The van der Waals surface area contributed by atoms with Gasteiger partial charge in [-0.05, 0) is 29.8 Å². The first kappa shape index (κ1) is 15.0. The van der Waals surface area contributed by atoms with Crippen LogP contribution in [-0.2, 0) is 5.41 Å². The molecule has 0 fully saturated rings. The van der Waals surface area contributed by atoms with E-state index in [0.717, 1.165) is 15.9 Å². The molecule has 0 aliphatic heterocycles. The Morgan fingerprint density at radius 2 is 1.90 bits per heavy atom. The van der Waals surface area contributed by atoms with E-state index in [9.17, 15) is 0 Å². The van der Waals surface area contributed by atoms with E-state index in [-0.39, 0.29) is 5.41 Å². The number of hydrogen-bond acceptors (Lipinski definition) is 4. The molecule has 5 nitrogen and oxygen atoms in total. The first-order valence-corrected chi connectivity index (χ1v) is 7.36. The molecule has 0 amide bonds. The van der Waals surface area contributed by atoms with Crippen molar-refractivity contribution in [3.8, 4) is 11.5 Å². The fourth-order valence-corrected chi connectivity index (χ4v) is 2.74. The molecule has 20 heavy (non-hydrogen) atoms. The molecule has 2 N–H and O–H groups in total. The smallest absolute Gasteiger partial charge is 0.180 e. The quantitative estimate of drug-likeness (QED) is 0.909. The van der Waals surface area contributed by atoms with Crippen LogP contribution < -0.4 is 5.73 Å². The molecule has 2 aromatic rings. The fourth-order valence-electron chi connectivity index (χ4n) is 1.97. The van der Waals surface area contributed by atoms with Crippen molar-refractivity contribution in [3.63, 3.8) is 0 Å². The molecule has 0 aliphatic rings. The second-order valence-corrected chi connectivity index (χ2v) is 6.92. The number of hydrogen-bond donors (Lipinski definition) is 1. The van der Waals surface area contributed by atoms with Crippen LogP contribution in [0.15, 0.2) is 17.0 Å². The predicted molar refractivity (Wildman–Crippen MR) is 84.5 cm³/mol. The van der Waals surface area contributed by atoms with Gasteiger partial charge in [-0.2, -0.15) is 0 Å². The Balaban J connectivity index is 2.64. The van der Waals surface area contributed by atoms with E-state index in [0.29, 0.717) is 17.7 Å². The highest BCUT2D eigenvalue weighted by atomic mass is 79.9. The van der Waals surface area contributed by atoms with Gasteiger partial charge in [-0.15, -0.1) is 0 Å². The molecular formula is C14H20BrN5. The molecule has 6 heteroatoms. The summed E-state index contributed by atoms with van der Waals surface area (Å²) in [4.78, 5) is 13.3. The van der Waals surface area contributed by atoms with Crippen LogP contribution in [0.25, 0.3) is 11.5 Å². The molecule has 0 radical (unpaired) electrons. The predicted octanol–water partition coefficient (Wildman–Crippen LogP) is 3.56. The molecule has 0 aliphatic carbocycles. The van der Waals surface area contributed by atoms with E-state index in [2.05, 4.69) is 60.5 Å². The maximum Gasteiger partial charge on any atom is 0.180 e. The van der Waals surface area contributed by atoms with Gasteiger partial charge in [-0.25, -0.2) is 15.0 Å². The topological polar surface area (TPSA) is 69.6 Å². The van der Waals surface area contributed by atoms with Crippen molar-refractivity contribution in [2.45, 2.75) is 46.1 Å². The lowest BCUT2D eigenvalue weighted by Gasteiger charge is -2.21. The van der Waals surface area contributed by atoms with Crippen LogP contribution in [0.5, 0.6) is 0 Å². The molecule has 2 heterocycles. The van der Waals surface area contributed by atoms with Crippen LogP contribution in [0.1, 0.15) is 46.4 Å². The van der Waals surface area contributed by atoms with Gasteiger partial charge in [-0.1, -0.05) is 20.8 Å². The average molecular weight is 338 g/mol. The van der Waals surface area contributed by atoms with Gasteiger partial charge in [0.25, 0.3) is 0 Å². The zero-order valence-corrected chi connectivity index (χ0v) is 14.1. The summed E-state index contributed by atoms with van der Waals surface area (Å²) in [5, 5.41) is 0. The number of anilines is 1. The Morgan fingerprint density at radius 1 is 1.25 bits per heavy atom. The molecule has 0 saturated carbocycles. The zero-order chi connectivity index (χ0) is 15.1. The van der Waals surface area contributed by atoms with Crippen LogP contribution in [0.2, 0.25) is 0 Å². The third kappa shape index (κ3) is 2.70. The summed E-state index contributed by atoms with van der Waals surface area (Å²) in [5.74, 6) is 1.07. The normalized spacial score (nSPS) is 12.2. The number of nitrogens with zero attached hydrogens (tertiary/aromatic N) is 4. The number of halogens is 1. The van der Waals surface area contributed by atoms with Gasteiger partial charge >= 0.3 is 0 Å². The van der Waals surface area contributed by atoms with Crippen molar-refractivity contribution >= 4 is 21.7 Å². The van der Waals surface area contributed by atoms with Crippen molar-refractivity contribution in [3.05, 3.63) is 22.7 Å². The number of nitrogens with two attached hydrogens (primary N) is 1. The second-order valence-electron chi connectivity index (χ2n) is 6.12. The van der Waals surface area contributed by atoms with E-state index in [1.807, 2.05) is 4.57 Å². The van der Waals surface area contributed by atoms with Crippen LogP contribution in [0.3, 0.4) is 0 Å². The minimum absolute atomic E-state index is 0.118. The van der Waals surface area contributed by atoms with E-state index in [1.165, 1.54) is 0 Å². The summed E-state index contributed by atoms with van der Waals surface area (Å²) in [7, 11) is 0. The molecule has 108 valence electrons. The van der Waals surface area contributed by atoms with Gasteiger partial charge in [-0.3, -0.25) is 0 Å². The molecule has 2 aromatic heterocycles. The average Bonchev–Trinajstić information content (AvgIpc) is 2.80. The van der Waals surface area contributed by atoms with E-state index < -0.39 is 0 Å². The largest absolute Gasteiger partial charge is 0.383 e. The molecule has 0 bridgehead atoms. The lowest BCUT2D eigenvalue weighted by molar-refractivity contribution is 0.562. The summed E-state index contributed by atoms with van der Waals surface area (Å²) in [5.41, 5.74) is 7.68. The van der Waals surface area contributed by atoms with Gasteiger partial charge in [0.2, 0.25) is 0 Å². The lowest BCUT2D eigenvalue weighted by Crippen LogP contribution is -2.17. The maximum atomic E-state index is 6.02. The molecule has 0 saturated heterocycles. The van der Waals surface area contributed by atoms with Gasteiger partial charge in [0.05, 0.1) is 22.7 Å². The highest BCUT2D eigenvalue weighted by molar-refractivity contribution is 9.10. The molecule has 2 rings (SSSR count). The van der Waals surface area contributed by atoms with Gasteiger partial charge < -0.3 is 10.3 Å². The van der Waals surface area contributed by atoms with Gasteiger partial charge in [0.1, 0.15) is 11.5 Å². The molecule has 0 atom stereocenters. The molecule has 0 aromatic carbocycles. The number of nitrogen functional groups attached to an aromatic ring is 1. The van der Waals surface area contributed by atoms with Crippen LogP contribution in [0.4, 0.5) is 5.82 Å². The SMILES string of the molecule is CC(C)n1cncc1-c1nc(N)c(Br)c(C(C)(C)C)n1. The minimum atomic E-state index is -0.118. The fraction of sp³-hybridized carbons (Fsp3) is 0.500. The van der Waals surface area contributed by atoms with Crippen molar-refractivity contribution < 1.29 is 0 Å². The molecule has 0 unspecified atom stereocenters. The Morgan fingerprint density at radius 3 is 2.45 bits per heavy atom. The van der Waals surface area contributed by atoms with Crippen molar-refractivity contribution in [1.29, 1.82) is 0 Å². The standard InChI is InChI=1S/C14H20BrN5/c1-8(2)20-7-17-6-9(20)13-18-11(14(3,4)5)10(15)12(16)19-13/h6-8H,1-5H3,(H2,16,18,19). The van der Waals surface area contributed by atoms with Crippen LogP contribution >= 0.6 is 15.9 Å². The number of imidazole rings is 1. The van der Waals surface area contributed by atoms with Gasteiger partial charge in [0, 0.05) is 11.5 Å². The van der Waals surface area contributed by atoms with Crippen LogP contribution in [-0.4, -0.2) is 19.5 Å². The third-order valence-corrected chi connectivity index (χ3v) is 3.82. The first-order chi connectivity index (χ1) is 9.21. The summed E-state index contributed by atoms with van der Waals surface area (Å²) in [6.07, 6.45) is 3.56. The van der Waals surface area contributed by atoms with Gasteiger partial charge in [0.15, 0.2) is 5.82 Å². The molecule has 0 spiro atoms. The Labute approximate surface area is 127 Å². The third-order valence-electron chi connectivity index (χ3n) is 3.04. The Hall–Kier alpha value is -1.43. The van der Waals surface area contributed by atoms with E-state index in [4.69, 9.17) is 10.7 Å². The lowest BCUT2D eigenvalue weighted by atomic mass is 9.92. The van der Waals surface area contributed by atoms with E-state index >= 15 is 0 Å². The summed E-state index contributed by atoms with van der Waals surface area (Å²) >= 11 is 3.49. The van der Waals surface area contributed by atoms with Crippen LogP contribution in [0, 0.1) is 0 Å². The Bertz CT molecular complexity index is 625. The minimum Gasteiger partial charge on any atom is -0.383 e. The maximum absolute atomic E-state index is 6.02. The van der Waals surface area contributed by atoms with Crippen molar-refractivity contribution in [1.82, 2.24) is 19.5 Å². The summed E-state index contributed by atoms with van der Waals surface area (Å²) < 4.78 is 2.80. The van der Waals surface area contributed by atoms with Crippen molar-refractivity contribution in [2.75, 3.05) is 5.73 Å². The molecular weight excluding hydrogens is 318 g/mol. The number of aromatic nitrogens is 4. The number of rotatable bonds is 2.